The summed E-state index contributed by atoms with van der Waals surface area (Å²) in [6.45, 7) is 4.35. The molecular formula is C37H46N2O7S2. The second-order valence-corrected chi connectivity index (χ2v) is 15.2. The number of thioether (sulfide) groups is 1. The maximum Gasteiger partial charge on any atom is 0.303 e. The predicted molar refractivity (Wildman–Crippen MR) is 190 cm³/mol. The number of para-hydroxylation sites is 1. The molecule has 0 radical (unpaired) electrons. The minimum Gasteiger partial charge on any atom is -0.483 e. The van der Waals surface area contributed by atoms with Crippen LogP contribution in [0.5, 0.6) is 5.75 Å². The Labute approximate surface area is 288 Å². The Morgan fingerprint density at radius 3 is 2.17 bits per heavy atom. The number of hydrogen-bond donors (Lipinski definition) is 2. The lowest BCUT2D eigenvalue weighted by atomic mass is 9.79. The van der Waals surface area contributed by atoms with Crippen LogP contribution in [-0.4, -0.2) is 56.3 Å². The first-order valence-electron chi connectivity index (χ1n) is 16.5. The fraction of sp³-hybridized carbons (Fsp3) is 0.432. The molecule has 1 aliphatic rings. The molecule has 0 fully saturated rings. The Kier molecular flexibility index (Phi) is 13.1. The van der Waals surface area contributed by atoms with Crippen molar-refractivity contribution in [3.63, 3.8) is 0 Å². The molecule has 1 amide bonds. The van der Waals surface area contributed by atoms with Crippen LogP contribution in [0.2, 0.25) is 0 Å². The minimum atomic E-state index is -3.78. The van der Waals surface area contributed by atoms with Crippen LogP contribution in [-0.2, 0) is 24.2 Å². The van der Waals surface area contributed by atoms with Gasteiger partial charge in [-0.2, -0.15) is 0 Å². The summed E-state index contributed by atoms with van der Waals surface area (Å²) >= 11 is 1.39. The number of ether oxygens (including phenoxy) is 1. The SMILES string of the molecule is CCCCC1(CCCC)CN(c2ccccc2)c2cc(SC)c(OCC(=O)NC(C(=O)CCC(=O)O)c3ccccc3)cc2S(=O)(=O)C1. The number of carboxylic acids is 1. The van der Waals surface area contributed by atoms with Gasteiger partial charge < -0.3 is 20.1 Å². The van der Waals surface area contributed by atoms with E-state index in [9.17, 15) is 22.8 Å². The molecule has 1 unspecified atom stereocenters. The van der Waals surface area contributed by atoms with Gasteiger partial charge in [-0.3, -0.25) is 14.4 Å². The number of aliphatic carboxylic acids is 1. The van der Waals surface area contributed by atoms with E-state index in [-0.39, 0.29) is 29.2 Å². The van der Waals surface area contributed by atoms with Crippen LogP contribution in [0.1, 0.15) is 76.8 Å². The van der Waals surface area contributed by atoms with E-state index in [1.54, 1.807) is 36.4 Å². The van der Waals surface area contributed by atoms with Gasteiger partial charge in [0.25, 0.3) is 5.91 Å². The van der Waals surface area contributed by atoms with Crippen molar-refractivity contribution >= 4 is 50.6 Å². The third-order valence-corrected chi connectivity index (χ3v) is 11.5. The topological polar surface area (TPSA) is 130 Å². The van der Waals surface area contributed by atoms with E-state index in [0.717, 1.165) is 44.2 Å². The molecule has 0 aromatic heterocycles. The number of benzene rings is 3. The molecule has 48 heavy (non-hydrogen) atoms. The second kappa shape index (κ2) is 17.0. The quantitative estimate of drug-likeness (QED) is 0.139. The zero-order chi connectivity index (χ0) is 34.7. The van der Waals surface area contributed by atoms with Crippen LogP contribution in [0.15, 0.2) is 82.6 Å². The largest absolute Gasteiger partial charge is 0.483 e. The summed E-state index contributed by atoms with van der Waals surface area (Å²) in [4.78, 5) is 40.2. The number of amides is 1. The summed E-state index contributed by atoms with van der Waals surface area (Å²) in [5.74, 6) is -1.86. The molecule has 1 aliphatic heterocycles. The first kappa shape index (κ1) is 37.0. The molecule has 0 saturated carbocycles. The number of carbonyl (C=O) groups is 3. The van der Waals surface area contributed by atoms with Crippen molar-refractivity contribution in [2.75, 3.05) is 30.1 Å². The number of rotatable bonds is 17. The average Bonchev–Trinajstić information content (AvgIpc) is 3.18. The number of anilines is 2. The van der Waals surface area contributed by atoms with Gasteiger partial charge in [0.05, 0.1) is 27.7 Å². The highest BCUT2D eigenvalue weighted by Gasteiger charge is 2.42. The highest BCUT2D eigenvalue weighted by atomic mass is 32.2. The molecular weight excluding hydrogens is 649 g/mol. The molecule has 0 saturated heterocycles. The smallest absolute Gasteiger partial charge is 0.303 e. The maximum absolute atomic E-state index is 14.3. The van der Waals surface area contributed by atoms with Crippen molar-refractivity contribution in [1.29, 1.82) is 0 Å². The van der Waals surface area contributed by atoms with Gasteiger partial charge in [0.1, 0.15) is 11.8 Å². The zero-order valence-corrected chi connectivity index (χ0v) is 29.6. The molecule has 3 aromatic carbocycles. The summed E-state index contributed by atoms with van der Waals surface area (Å²) in [5, 5.41) is 11.8. The van der Waals surface area contributed by atoms with E-state index in [4.69, 9.17) is 9.84 Å². The monoisotopic (exact) mass is 694 g/mol. The van der Waals surface area contributed by atoms with E-state index in [1.165, 1.54) is 11.8 Å². The Bertz CT molecular complexity index is 1660. The number of nitrogens with one attached hydrogen (secondary N) is 1. The molecule has 0 aliphatic carbocycles. The van der Waals surface area contributed by atoms with Gasteiger partial charge in [-0.1, -0.05) is 88.1 Å². The summed E-state index contributed by atoms with van der Waals surface area (Å²) in [5.41, 5.74) is 1.58. The van der Waals surface area contributed by atoms with Gasteiger partial charge in [0.15, 0.2) is 22.2 Å². The number of carbonyl (C=O) groups excluding carboxylic acids is 2. The number of Topliss-reactive ketones (excluding diaryl/α,β-unsaturated/α-hetero) is 1. The lowest BCUT2D eigenvalue weighted by molar-refractivity contribution is -0.139. The fourth-order valence-corrected chi connectivity index (χ4v) is 8.96. The Morgan fingerprint density at radius 1 is 0.958 bits per heavy atom. The lowest BCUT2D eigenvalue weighted by Crippen LogP contribution is -2.38. The van der Waals surface area contributed by atoms with Gasteiger partial charge >= 0.3 is 5.97 Å². The van der Waals surface area contributed by atoms with E-state index >= 15 is 0 Å². The molecule has 9 nitrogen and oxygen atoms in total. The Balaban J connectivity index is 1.68. The Morgan fingerprint density at radius 2 is 1.58 bits per heavy atom. The van der Waals surface area contributed by atoms with E-state index in [1.807, 2.05) is 42.7 Å². The van der Waals surface area contributed by atoms with E-state index < -0.39 is 45.6 Å². The minimum absolute atomic E-state index is 0.0199. The van der Waals surface area contributed by atoms with E-state index in [0.29, 0.717) is 22.7 Å². The van der Waals surface area contributed by atoms with Crippen molar-refractivity contribution in [2.24, 2.45) is 5.41 Å². The average molecular weight is 695 g/mol. The third-order valence-electron chi connectivity index (χ3n) is 8.75. The molecule has 4 rings (SSSR count). The van der Waals surface area contributed by atoms with Crippen LogP contribution in [0.25, 0.3) is 0 Å². The van der Waals surface area contributed by atoms with Crippen molar-refractivity contribution < 1.29 is 32.6 Å². The number of carboxylic acid groups (broad SMARTS) is 1. The summed E-state index contributed by atoms with van der Waals surface area (Å²) in [6.07, 6.45) is 6.67. The highest BCUT2D eigenvalue weighted by Crippen LogP contribution is 2.47. The van der Waals surface area contributed by atoms with Crippen LogP contribution >= 0.6 is 11.8 Å². The molecule has 0 bridgehead atoms. The standard InChI is InChI=1S/C37H46N2O7S2/c1-4-6-20-37(21-7-5-2)25-39(28-16-12-9-13-17-28)29-22-32(47-3)31(23-33(29)48(44,45)26-37)46-24-34(41)38-36(27-14-10-8-11-15-27)30(40)18-19-35(42)43/h8-17,22-23,36H,4-7,18-21,24-26H2,1-3H3,(H,38,41)(H,42,43). The van der Waals surface area contributed by atoms with Gasteiger partial charge in [-0.25, -0.2) is 8.42 Å². The normalized spacial score (nSPS) is 15.5. The van der Waals surface area contributed by atoms with Crippen LogP contribution < -0.4 is 15.0 Å². The van der Waals surface area contributed by atoms with Gasteiger partial charge in [-0.05, 0) is 42.9 Å². The molecule has 1 heterocycles. The lowest BCUT2D eigenvalue weighted by Gasteiger charge is -2.37. The summed E-state index contributed by atoms with van der Waals surface area (Å²) in [7, 11) is -3.78. The van der Waals surface area contributed by atoms with Crippen molar-refractivity contribution in [2.45, 2.75) is 81.0 Å². The van der Waals surface area contributed by atoms with Gasteiger partial charge in [-0.15, -0.1) is 11.8 Å². The van der Waals surface area contributed by atoms with E-state index in [2.05, 4.69) is 24.1 Å². The van der Waals surface area contributed by atoms with Gasteiger partial charge in [0.2, 0.25) is 0 Å². The second-order valence-electron chi connectivity index (χ2n) is 12.4. The van der Waals surface area contributed by atoms with Crippen molar-refractivity contribution in [3.05, 3.63) is 78.4 Å². The predicted octanol–water partition coefficient (Wildman–Crippen LogP) is 7.37. The maximum atomic E-state index is 14.3. The molecule has 3 aromatic rings. The fourth-order valence-electron chi connectivity index (χ4n) is 6.29. The molecule has 2 N–H and O–H groups in total. The van der Waals surface area contributed by atoms with Gasteiger partial charge in [0, 0.05) is 30.1 Å². The van der Waals surface area contributed by atoms with Crippen LogP contribution in [0.4, 0.5) is 11.4 Å². The number of unbranched alkanes of at least 4 members (excludes halogenated alkanes) is 2. The number of ketones is 1. The first-order chi connectivity index (χ1) is 23.0. The summed E-state index contributed by atoms with van der Waals surface area (Å²) in [6, 6.07) is 20.8. The molecule has 258 valence electrons. The number of sulfone groups is 1. The Hall–Kier alpha value is -3.83. The van der Waals surface area contributed by atoms with Crippen molar-refractivity contribution in [1.82, 2.24) is 5.32 Å². The third kappa shape index (κ3) is 9.41. The van der Waals surface area contributed by atoms with Crippen molar-refractivity contribution in [3.8, 4) is 5.75 Å². The number of nitrogens with zero attached hydrogens (tertiary/aromatic N) is 1. The number of hydrogen-bond acceptors (Lipinski definition) is 8. The molecule has 11 heteroatoms. The summed E-state index contributed by atoms with van der Waals surface area (Å²) < 4.78 is 34.7. The highest BCUT2D eigenvalue weighted by molar-refractivity contribution is 7.98. The molecule has 0 spiro atoms. The first-order valence-corrected chi connectivity index (χ1v) is 19.4. The number of fused-ring (bicyclic) bond motifs is 1. The molecule has 1 atom stereocenters. The zero-order valence-electron chi connectivity index (χ0n) is 27.9. The van der Waals surface area contributed by atoms with Crippen LogP contribution in [0.3, 0.4) is 0 Å². The van der Waals surface area contributed by atoms with Crippen LogP contribution in [0, 0.1) is 5.41 Å².